The van der Waals surface area contributed by atoms with Crippen molar-refractivity contribution in [3.05, 3.63) is 73.8 Å². The highest BCUT2D eigenvalue weighted by molar-refractivity contribution is 6.42. The maximum Gasteiger partial charge on any atom is 0.270 e. The summed E-state index contributed by atoms with van der Waals surface area (Å²) in [5.41, 5.74) is 1.69. The number of hydrogen-bond acceptors (Lipinski definition) is 2. The van der Waals surface area contributed by atoms with Gasteiger partial charge >= 0.3 is 0 Å². The molecule has 0 heterocycles. The second-order valence-corrected chi connectivity index (χ2v) is 4.67. The van der Waals surface area contributed by atoms with Crippen LogP contribution in [-0.2, 0) is 0 Å². The van der Waals surface area contributed by atoms with Crippen LogP contribution in [0, 0.1) is 10.1 Å². The number of halogens is 2. The molecule has 19 heavy (non-hydrogen) atoms. The molecule has 96 valence electrons. The molecular formula is C14H9Cl2NO2. The lowest BCUT2D eigenvalue weighted by Crippen LogP contribution is -1.87. The van der Waals surface area contributed by atoms with Gasteiger partial charge in [0, 0.05) is 12.1 Å². The molecule has 0 fully saturated rings. The van der Waals surface area contributed by atoms with Crippen LogP contribution in [0.4, 0.5) is 5.69 Å². The fourth-order valence-corrected chi connectivity index (χ4v) is 1.86. The molecule has 0 aliphatic heterocycles. The molecule has 2 rings (SSSR count). The summed E-state index contributed by atoms with van der Waals surface area (Å²) in [5.74, 6) is 0. The van der Waals surface area contributed by atoms with Gasteiger partial charge in [-0.15, -0.1) is 0 Å². The van der Waals surface area contributed by atoms with E-state index in [9.17, 15) is 10.1 Å². The lowest BCUT2D eigenvalue weighted by molar-refractivity contribution is -0.384. The van der Waals surface area contributed by atoms with Crippen LogP contribution in [0.2, 0.25) is 10.0 Å². The van der Waals surface area contributed by atoms with E-state index < -0.39 is 4.92 Å². The number of nitrogens with zero attached hydrogens (tertiary/aromatic N) is 1. The monoisotopic (exact) mass is 293 g/mol. The first-order valence-electron chi connectivity index (χ1n) is 5.44. The Morgan fingerprint density at radius 3 is 2.26 bits per heavy atom. The van der Waals surface area contributed by atoms with Crippen molar-refractivity contribution < 1.29 is 4.92 Å². The predicted molar refractivity (Wildman–Crippen MR) is 78.5 cm³/mol. The third-order valence-electron chi connectivity index (χ3n) is 2.49. The quantitative estimate of drug-likeness (QED) is 0.450. The van der Waals surface area contributed by atoms with Gasteiger partial charge in [-0.05, 0) is 23.3 Å². The van der Waals surface area contributed by atoms with E-state index in [-0.39, 0.29) is 5.69 Å². The van der Waals surface area contributed by atoms with E-state index in [1.54, 1.807) is 30.3 Å². The molecule has 0 unspecified atom stereocenters. The van der Waals surface area contributed by atoms with E-state index >= 15 is 0 Å². The Morgan fingerprint density at radius 1 is 0.947 bits per heavy atom. The minimum Gasteiger partial charge on any atom is -0.258 e. The maximum absolute atomic E-state index is 10.7. The summed E-state index contributed by atoms with van der Waals surface area (Å²) < 4.78 is 0. The summed E-state index contributed by atoms with van der Waals surface area (Å²) in [5, 5.41) is 11.6. The van der Waals surface area contributed by atoms with E-state index in [0.717, 1.165) is 11.1 Å². The average molecular weight is 294 g/mol. The van der Waals surface area contributed by atoms with Gasteiger partial charge in [-0.1, -0.05) is 53.6 Å². The highest BCUT2D eigenvalue weighted by Gasteiger charge is 2.03. The lowest BCUT2D eigenvalue weighted by Gasteiger charge is -1.98. The highest BCUT2D eigenvalue weighted by atomic mass is 35.5. The van der Waals surface area contributed by atoms with Crippen molar-refractivity contribution in [3.8, 4) is 0 Å². The Bertz CT molecular complexity index is 654. The molecular weight excluding hydrogens is 285 g/mol. The largest absolute Gasteiger partial charge is 0.270 e. The molecule has 0 atom stereocenters. The van der Waals surface area contributed by atoms with Gasteiger partial charge in [0.1, 0.15) is 0 Å². The number of non-ortho nitro benzene ring substituents is 1. The van der Waals surface area contributed by atoms with Gasteiger partial charge in [0.05, 0.1) is 15.0 Å². The SMILES string of the molecule is O=[N+]([O-])c1cccc(C=Cc2ccc(Cl)c(Cl)c2)c1. The molecule has 0 aromatic heterocycles. The number of nitro groups is 1. The Labute approximate surface area is 120 Å². The molecule has 3 nitrogen and oxygen atoms in total. The van der Waals surface area contributed by atoms with Crippen molar-refractivity contribution in [2.45, 2.75) is 0 Å². The van der Waals surface area contributed by atoms with Crippen LogP contribution in [0.25, 0.3) is 12.2 Å². The van der Waals surface area contributed by atoms with Crippen molar-refractivity contribution in [2.24, 2.45) is 0 Å². The number of rotatable bonds is 3. The Balaban J connectivity index is 2.24. The first-order chi connectivity index (χ1) is 9.06. The van der Waals surface area contributed by atoms with Gasteiger partial charge in [-0.2, -0.15) is 0 Å². The normalized spacial score (nSPS) is 10.8. The molecule has 0 aliphatic rings. The average Bonchev–Trinajstić information content (AvgIpc) is 2.40. The molecule has 0 spiro atoms. The van der Waals surface area contributed by atoms with Gasteiger partial charge in [-0.25, -0.2) is 0 Å². The van der Waals surface area contributed by atoms with Crippen LogP contribution >= 0.6 is 23.2 Å². The smallest absolute Gasteiger partial charge is 0.258 e. The zero-order chi connectivity index (χ0) is 13.8. The van der Waals surface area contributed by atoms with E-state index in [1.165, 1.54) is 12.1 Å². The third-order valence-corrected chi connectivity index (χ3v) is 3.23. The van der Waals surface area contributed by atoms with Gasteiger partial charge in [0.2, 0.25) is 0 Å². The van der Waals surface area contributed by atoms with Crippen molar-refractivity contribution in [1.82, 2.24) is 0 Å². The zero-order valence-electron chi connectivity index (χ0n) is 9.72. The summed E-state index contributed by atoms with van der Waals surface area (Å²) >= 11 is 11.7. The van der Waals surface area contributed by atoms with Crippen LogP contribution in [0.3, 0.4) is 0 Å². The molecule has 0 N–H and O–H groups in total. The summed E-state index contributed by atoms with van der Waals surface area (Å²) in [6.45, 7) is 0. The van der Waals surface area contributed by atoms with Crippen LogP contribution in [0.5, 0.6) is 0 Å². The van der Waals surface area contributed by atoms with Gasteiger partial charge < -0.3 is 0 Å². The first kappa shape index (κ1) is 13.6. The molecule has 2 aromatic carbocycles. The second-order valence-electron chi connectivity index (χ2n) is 3.86. The van der Waals surface area contributed by atoms with Crippen LogP contribution in [0.1, 0.15) is 11.1 Å². The third kappa shape index (κ3) is 3.56. The molecule has 0 radical (unpaired) electrons. The van der Waals surface area contributed by atoms with E-state index in [2.05, 4.69) is 0 Å². The summed E-state index contributed by atoms with van der Waals surface area (Å²) in [6.07, 6.45) is 3.60. The minimum absolute atomic E-state index is 0.0660. The molecule has 0 amide bonds. The predicted octanol–water partition coefficient (Wildman–Crippen LogP) is 5.07. The number of hydrogen-bond donors (Lipinski definition) is 0. The van der Waals surface area contributed by atoms with Gasteiger partial charge in [0.25, 0.3) is 5.69 Å². The van der Waals surface area contributed by atoms with Gasteiger partial charge in [-0.3, -0.25) is 10.1 Å². The standard InChI is InChI=1S/C14H9Cl2NO2/c15-13-7-6-11(9-14(13)16)5-4-10-2-1-3-12(8-10)17(18)19/h1-9H. The van der Waals surface area contributed by atoms with Crippen LogP contribution in [0.15, 0.2) is 42.5 Å². The molecule has 0 saturated heterocycles. The Morgan fingerprint density at radius 2 is 1.63 bits per heavy atom. The molecule has 2 aromatic rings. The van der Waals surface area contributed by atoms with Gasteiger partial charge in [0.15, 0.2) is 0 Å². The van der Waals surface area contributed by atoms with Crippen molar-refractivity contribution in [3.63, 3.8) is 0 Å². The summed E-state index contributed by atoms with van der Waals surface area (Å²) in [6, 6.07) is 11.7. The summed E-state index contributed by atoms with van der Waals surface area (Å²) in [4.78, 5) is 10.2. The van der Waals surface area contributed by atoms with E-state index in [0.29, 0.717) is 10.0 Å². The van der Waals surface area contributed by atoms with Crippen molar-refractivity contribution in [2.75, 3.05) is 0 Å². The number of nitro benzene ring substituents is 1. The summed E-state index contributed by atoms with van der Waals surface area (Å²) in [7, 11) is 0. The maximum atomic E-state index is 10.7. The first-order valence-corrected chi connectivity index (χ1v) is 6.19. The van der Waals surface area contributed by atoms with Crippen LogP contribution in [-0.4, -0.2) is 4.92 Å². The van der Waals surface area contributed by atoms with E-state index in [1.807, 2.05) is 12.1 Å². The van der Waals surface area contributed by atoms with Crippen molar-refractivity contribution >= 4 is 41.0 Å². The topological polar surface area (TPSA) is 43.1 Å². The Hall–Kier alpha value is -1.84. The molecule has 0 aliphatic carbocycles. The molecule has 0 saturated carbocycles. The molecule has 0 bridgehead atoms. The fraction of sp³-hybridized carbons (Fsp3) is 0. The van der Waals surface area contributed by atoms with E-state index in [4.69, 9.17) is 23.2 Å². The molecule has 5 heteroatoms. The second kappa shape index (κ2) is 5.87. The minimum atomic E-state index is -0.420. The lowest BCUT2D eigenvalue weighted by atomic mass is 10.1. The Kier molecular flexibility index (Phi) is 4.20. The fourth-order valence-electron chi connectivity index (χ4n) is 1.55. The van der Waals surface area contributed by atoms with Crippen LogP contribution < -0.4 is 0 Å². The zero-order valence-corrected chi connectivity index (χ0v) is 11.2. The highest BCUT2D eigenvalue weighted by Crippen LogP contribution is 2.23. The number of benzene rings is 2. The van der Waals surface area contributed by atoms with Crippen molar-refractivity contribution in [1.29, 1.82) is 0 Å².